The molecule has 0 saturated carbocycles. The van der Waals surface area contributed by atoms with Crippen molar-refractivity contribution in [1.29, 1.82) is 0 Å². The van der Waals surface area contributed by atoms with Crippen LogP contribution in [0.25, 0.3) is 5.78 Å². The number of aryl methyl sites for hydroxylation is 2. The smallest absolute Gasteiger partial charge is 0.324 e. The van der Waals surface area contributed by atoms with E-state index in [1.165, 1.54) is 12.8 Å². The molecule has 2 saturated heterocycles. The third kappa shape index (κ3) is 3.06. The molecule has 8 heteroatoms. The van der Waals surface area contributed by atoms with Crippen molar-refractivity contribution < 1.29 is 4.79 Å². The zero-order valence-corrected chi connectivity index (χ0v) is 15.1. The fourth-order valence-electron chi connectivity index (χ4n) is 4.29. The Balaban J connectivity index is 1.47. The zero-order chi connectivity index (χ0) is 17.6. The quantitative estimate of drug-likeness (QED) is 0.852. The summed E-state index contributed by atoms with van der Waals surface area (Å²) in [4.78, 5) is 25.6. The Morgan fingerprint density at radius 2 is 2.04 bits per heavy atom. The molecule has 25 heavy (non-hydrogen) atoms. The normalized spacial score (nSPS) is 24.4. The highest BCUT2D eigenvalue weighted by atomic mass is 16.2. The zero-order valence-electron chi connectivity index (χ0n) is 15.1. The molecule has 8 nitrogen and oxygen atoms in total. The van der Waals surface area contributed by atoms with Crippen LogP contribution in [0.3, 0.4) is 0 Å². The predicted molar refractivity (Wildman–Crippen MR) is 94.6 cm³/mol. The number of hydrogen-bond acceptors (Lipinski definition) is 5. The van der Waals surface area contributed by atoms with Crippen molar-refractivity contribution in [2.45, 2.75) is 33.1 Å². The van der Waals surface area contributed by atoms with Gasteiger partial charge in [0.25, 0.3) is 11.7 Å². The van der Waals surface area contributed by atoms with Crippen LogP contribution in [0.5, 0.6) is 0 Å². The van der Waals surface area contributed by atoms with Crippen molar-refractivity contribution in [2.24, 2.45) is 5.41 Å². The molecule has 1 spiro atoms. The van der Waals surface area contributed by atoms with Crippen molar-refractivity contribution in [1.82, 2.24) is 29.4 Å². The Bertz CT molecular complexity index is 817. The largest absolute Gasteiger partial charge is 0.324 e. The van der Waals surface area contributed by atoms with E-state index in [2.05, 4.69) is 32.3 Å². The van der Waals surface area contributed by atoms with E-state index in [1.54, 1.807) is 4.52 Å². The van der Waals surface area contributed by atoms with Crippen LogP contribution in [0.15, 0.2) is 6.07 Å². The number of nitrogens with one attached hydrogen (secondary N) is 1. The summed E-state index contributed by atoms with van der Waals surface area (Å²) in [5.41, 5.74) is 2.09. The average molecular weight is 343 g/mol. The van der Waals surface area contributed by atoms with E-state index in [-0.39, 0.29) is 11.4 Å². The minimum absolute atomic E-state index is 0.115. The Morgan fingerprint density at radius 1 is 1.20 bits per heavy atom. The average Bonchev–Trinajstić information content (AvgIpc) is 3.11. The lowest BCUT2D eigenvalue weighted by Gasteiger charge is -2.38. The first-order valence-corrected chi connectivity index (χ1v) is 8.90. The lowest BCUT2D eigenvalue weighted by atomic mass is 9.79. The topological polar surface area (TPSA) is 78.7 Å². The maximum atomic E-state index is 12.6. The number of likely N-dealkylation sites (tertiary alicyclic amines) is 2. The van der Waals surface area contributed by atoms with Crippen LogP contribution >= 0.6 is 0 Å². The van der Waals surface area contributed by atoms with Gasteiger partial charge in [0, 0.05) is 36.4 Å². The fraction of sp³-hybridized carbons (Fsp3) is 0.647. The fourth-order valence-corrected chi connectivity index (χ4v) is 4.29. The molecule has 2 aromatic heterocycles. The number of nitrogens with zero attached hydrogens (tertiary/aromatic N) is 6. The maximum absolute atomic E-state index is 12.6. The summed E-state index contributed by atoms with van der Waals surface area (Å²) in [6.45, 7) is 7.71. The van der Waals surface area contributed by atoms with E-state index in [4.69, 9.17) is 0 Å². The van der Waals surface area contributed by atoms with Crippen molar-refractivity contribution >= 4 is 17.8 Å². The van der Waals surface area contributed by atoms with Gasteiger partial charge in [0.2, 0.25) is 0 Å². The van der Waals surface area contributed by atoms with Crippen LogP contribution in [0, 0.1) is 19.3 Å². The minimum atomic E-state index is -0.115. The Morgan fingerprint density at radius 3 is 2.84 bits per heavy atom. The van der Waals surface area contributed by atoms with Gasteiger partial charge in [-0.1, -0.05) is 0 Å². The van der Waals surface area contributed by atoms with Gasteiger partial charge in [0.15, 0.2) is 0 Å². The van der Waals surface area contributed by atoms with E-state index < -0.39 is 0 Å². The van der Waals surface area contributed by atoms with Gasteiger partial charge < -0.3 is 9.80 Å². The number of fused-ring (bicyclic) bond motifs is 1. The minimum Gasteiger partial charge on any atom is -0.324 e. The van der Waals surface area contributed by atoms with Gasteiger partial charge in [0.1, 0.15) is 0 Å². The molecule has 1 unspecified atom stereocenters. The molecule has 2 fully saturated rings. The van der Waals surface area contributed by atoms with Gasteiger partial charge in [-0.3, -0.25) is 5.32 Å². The Labute approximate surface area is 147 Å². The van der Waals surface area contributed by atoms with Gasteiger partial charge in [-0.05, 0) is 52.8 Å². The summed E-state index contributed by atoms with van der Waals surface area (Å²) in [5.74, 6) is 0.826. The van der Waals surface area contributed by atoms with Crippen LogP contribution in [0.4, 0.5) is 10.7 Å². The number of hydrogen-bond donors (Lipinski definition) is 1. The van der Waals surface area contributed by atoms with E-state index >= 15 is 0 Å². The predicted octanol–water partition coefficient (Wildman–Crippen LogP) is 1.69. The molecule has 2 aliphatic rings. The molecule has 0 bridgehead atoms. The first-order valence-electron chi connectivity index (χ1n) is 8.90. The van der Waals surface area contributed by atoms with E-state index in [9.17, 15) is 4.79 Å². The lowest BCUT2D eigenvalue weighted by molar-refractivity contribution is 0.117. The molecule has 2 amide bonds. The lowest BCUT2D eigenvalue weighted by Crippen LogP contribution is -2.44. The van der Waals surface area contributed by atoms with Crippen molar-refractivity contribution in [2.75, 3.05) is 38.5 Å². The molecule has 2 aliphatic heterocycles. The van der Waals surface area contributed by atoms with E-state index in [0.29, 0.717) is 11.7 Å². The summed E-state index contributed by atoms with van der Waals surface area (Å²) >= 11 is 0. The van der Waals surface area contributed by atoms with Gasteiger partial charge >= 0.3 is 6.03 Å². The molecule has 0 aromatic carbocycles. The molecular weight excluding hydrogens is 318 g/mol. The van der Waals surface area contributed by atoms with Gasteiger partial charge in [-0.2, -0.15) is 9.50 Å². The second kappa shape index (κ2) is 5.94. The molecular formula is C17H25N7O. The highest BCUT2D eigenvalue weighted by Gasteiger charge is 2.42. The number of piperidine rings is 1. The highest BCUT2D eigenvalue weighted by Crippen LogP contribution is 2.38. The summed E-state index contributed by atoms with van der Waals surface area (Å²) in [5, 5.41) is 7.20. The summed E-state index contributed by atoms with van der Waals surface area (Å²) in [6.07, 6.45) is 3.49. The van der Waals surface area contributed by atoms with Gasteiger partial charge in [-0.25, -0.2) is 9.78 Å². The van der Waals surface area contributed by atoms with E-state index in [1.807, 2.05) is 24.8 Å². The van der Waals surface area contributed by atoms with Crippen molar-refractivity contribution in [3.05, 3.63) is 17.5 Å². The first-order chi connectivity index (χ1) is 11.9. The number of rotatable bonds is 1. The third-order valence-corrected chi connectivity index (χ3v) is 5.41. The number of anilines is 1. The number of aromatic nitrogens is 4. The van der Waals surface area contributed by atoms with E-state index in [0.717, 1.165) is 44.0 Å². The second-order valence-corrected chi connectivity index (χ2v) is 7.63. The second-order valence-electron chi connectivity index (χ2n) is 7.63. The Hall–Kier alpha value is -2.22. The third-order valence-electron chi connectivity index (χ3n) is 5.41. The molecule has 0 radical (unpaired) electrons. The maximum Gasteiger partial charge on any atom is 0.324 e. The van der Waals surface area contributed by atoms with Gasteiger partial charge in [-0.15, -0.1) is 5.10 Å². The summed E-state index contributed by atoms with van der Waals surface area (Å²) in [7, 11) is 2.17. The summed E-state index contributed by atoms with van der Waals surface area (Å²) in [6, 6.07) is 1.83. The van der Waals surface area contributed by atoms with Crippen LogP contribution < -0.4 is 5.32 Å². The van der Waals surface area contributed by atoms with Gasteiger partial charge in [0.05, 0.1) is 0 Å². The molecule has 0 aliphatic carbocycles. The molecule has 1 N–H and O–H groups in total. The van der Waals surface area contributed by atoms with Crippen LogP contribution in [0.1, 0.15) is 30.7 Å². The monoisotopic (exact) mass is 343 g/mol. The SMILES string of the molecule is Cc1cc(C)n2nc(NC(=O)N3CCC4(CCCN(C)C4)C3)nc2n1. The van der Waals surface area contributed by atoms with Crippen LogP contribution in [-0.4, -0.2) is 68.6 Å². The molecule has 4 rings (SSSR count). The molecule has 1 atom stereocenters. The number of amides is 2. The van der Waals surface area contributed by atoms with Crippen molar-refractivity contribution in [3.8, 4) is 0 Å². The number of carbonyl (C=O) groups excluding carboxylic acids is 1. The van der Waals surface area contributed by atoms with Crippen LogP contribution in [0.2, 0.25) is 0 Å². The Kier molecular flexibility index (Phi) is 3.87. The molecule has 4 heterocycles. The molecule has 134 valence electrons. The van der Waals surface area contributed by atoms with Crippen LogP contribution in [-0.2, 0) is 0 Å². The van der Waals surface area contributed by atoms with Crippen molar-refractivity contribution in [3.63, 3.8) is 0 Å². The number of carbonyl (C=O) groups is 1. The highest BCUT2D eigenvalue weighted by molar-refractivity contribution is 5.87. The molecule has 2 aromatic rings. The number of urea groups is 1. The standard InChI is InChI=1S/C17H25N7O/c1-12-9-13(2)24-15(18-12)19-14(21-24)20-16(25)23-8-6-17(11-23)5-4-7-22(3)10-17/h9H,4-8,10-11H2,1-3H3,(H,20,21,25). The first kappa shape index (κ1) is 16.3. The summed E-state index contributed by atoms with van der Waals surface area (Å²) < 4.78 is 1.66.